The number of ether oxygens (including phenoxy) is 1. The molecule has 3 aromatic rings. The first-order valence-corrected chi connectivity index (χ1v) is 11.9. The van der Waals surface area contributed by atoms with E-state index in [-0.39, 0.29) is 24.6 Å². The number of anilines is 1. The number of fused-ring (bicyclic) bond motifs is 3. The third-order valence-electron chi connectivity index (χ3n) is 7.47. The van der Waals surface area contributed by atoms with Gasteiger partial charge in [0.25, 0.3) is 5.91 Å². The van der Waals surface area contributed by atoms with Crippen LogP contribution in [0.5, 0.6) is 0 Å². The zero-order valence-electron chi connectivity index (χ0n) is 19.2. The smallest absolute Gasteiger partial charge is 0.383 e. The van der Waals surface area contributed by atoms with E-state index in [0.29, 0.717) is 41.0 Å². The van der Waals surface area contributed by atoms with Gasteiger partial charge in [0.2, 0.25) is 0 Å². The number of nitrogen functional groups attached to an aromatic ring is 1. The number of amides is 1. The van der Waals surface area contributed by atoms with Crippen LogP contribution in [0.25, 0.3) is 10.9 Å². The molecule has 2 N–H and O–H groups in total. The zero-order chi connectivity index (χ0) is 24.5. The minimum atomic E-state index is -4.45. The number of aromatic nitrogens is 2. The van der Waals surface area contributed by atoms with Gasteiger partial charge < -0.3 is 15.4 Å². The largest absolute Gasteiger partial charge is 0.417 e. The number of hydrogen-bond donors (Lipinski definition) is 1. The lowest BCUT2D eigenvalue weighted by atomic mass is 10.00. The van der Waals surface area contributed by atoms with Crippen LogP contribution in [0.4, 0.5) is 19.0 Å². The summed E-state index contributed by atoms with van der Waals surface area (Å²) in [6, 6.07) is 7.83. The molecule has 35 heavy (non-hydrogen) atoms. The van der Waals surface area contributed by atoms with Crippen LogP contribution in [0, 0.1) is 11.8 Å². The highest BCUT2D eigenvalue weighted by molar-refractivity contribution is 5.99. The molecule has 0 saturated heterocycles. The Morgan fingerprint density at radius 1 is 1.23 bits per heavy atom. The second-order valence-corrected chi connectivity index (χ2v) is 9.85. The van der Waals surface area contributed by atoms with E-state index in [0.717, 1.165) is 35.2 Å². The molecule has 2 fully saturated rings. The molecule has 182 valence electrons. The summed E-state index contributed by atoms with van der Waals surface area (Å²) < 4.78 is 44.7. The predicted molar refractivity (Wildman–Crippen MR) is 123 cm³/mol. The quantitative estimate of drug-likeness (QED) is 0.536. The van der Waals surface area contributed by atoms with E-state index in [9.17, 15) is 18.0 Å². The third-order valence-corrected chi connectivity index (χ3v) is 7.47. The lowest BCUT2D eigenvalue weighted by Crippen LogP contribution is -2.34. The molecule has 6 nitrogen and oxygen atoms in total. The third kappa shape index (κ3) is 4.01. The van der Waals surface area contributed by atoms with E-state index in [2.05, 4.69) is 9.97 Å². The first-order valence-electron chi connectivity index (χ1n) is 11.9. The standard InChI is InChI=1S/C26H25F3N4O2/c1-13-23-20(12-35-13)19-8-15(4-7-21(19)32-24(23)30)25(34)33(22-9-18(22)14-2-3-14)11-17-6-5-16(10-31-17)26(27,28)29/h4-8,10,13-14,18,22H,2-3,9,11-12H2,1H3,(H2,30,32)/t13-,18+,22+/m0/s1. The van der Waals surface area contributed by atoms with Gasteiger partial charge in [0.05, 0.1) is 36.0 Å². The average molecular weight is 483 g/mol. The minimum absolute atomic E-state index is 0.0772. The summed E-state index contributed by atoms with van der Waals surface area (Å²) in [7, 11) is 0. The summed E-state index contributed by atoms with van der Waals surface area (Å²) >= 11 is 0. The number of halogens is 3. The number of alkyl halides is 3. The first kappa shape index (κ1) is 22.3. The summed E-state index contributed by atoms with van der Waals surface area (Å²) in [6.45, 7) is 2.50. The van der Waals surface area contributed by atoms with Gasteiger partial charge in [-0.25, -0.2) is 4.98 Å². The predicted octanol–water partition coefficient (Wildman–Crippen LogP) is 5.26. The average Bonchev–Trinajstić information content (AvgIpc) is 3.74. The van der Waals surface area contributed by atoms with Crippen molar-refractivity contribution in [2.45, 2.75) is 57.7 Å². The molecule has 0 unspecified atom stereocenters. The van der Waals surface area contributed by atoms with Gasteiger partial charge in [-0.05, 0) is 73.9 Å². The van der Waals surface area contributed by atoms with Crippen molar-refractivity contribution in [3.63, 3.8) is 0 Å². The van der Waals surface area contributed by atoms with Crippen molar-refractivity contribution in [3.8, 4) is 0 Å². The summed E-state index contributed by atoms with van der Waals surface area (Å²) in [5, 5.41) is 0.839. The van der Waals surface area contributed by atoms with Crippen molar-refractivity contribution in [1.29, 1.82) is 0 Å². The van der Waals surface area contributed by atoms with Gasteiger partial charge in [0.1, 0.15) is 5.82 Å². The number of carbonyl (C=O) groups is 1. The van der Waals surface area contributed by atoms with Gasteiger partial charge in [0, 0.05) is 28.8 Å². The molecule has 2 aliphatic carbocycles. The van der Waals surface area contributed by atoms with E-state index in [4.69, 9.17) is 10.5 Å². The lowest BCUT2D eigenvalue weighted by molar-refractivity contribution is -0.137. The van der Waals surface area contributed by atoms with Gasteiger partial charge in [0.15, 0.2) is 0 Å². The maximum absolute atomic E-state index is 13.8. The van der Waals surface area contributed by atoms with Crippen molar-refractivity contribution in [3.05, 3.63) is 64.5 Å². The first-order chi connectivity index (χ1) is 16.7. The van der Waals surface area contributed by atoms with Crippen LogP contribution in [0.2, 0.25) is 0 Å². The maximum atomic E-state index is 13.8. The Hall–Kier alpha value is -3.20. The topological polar surface area (TPSA) is 81.3 Å². The Labute approximate surface area is 200 Å². The van der Waals surface area contributed by atoms with Crippen LogP contribution >= 0.6 is 0 Å². The van der Waals surface area contributed by atoms with Crippen LogP contribution in [-0.4, -0.2) is 26.8 Å². The van der Waals surface area contributed by atoms with Gasteiger partial charge >= 0.3 is 6.18 Å². The van der Waals surface area contributed by atoms with Crippen molar-refractivity contribution in [2.75, 3.05) is 5.73 Å². The normalized spacial score (nSPS) is 23.4. The molecule has 1 amide bonds. The molecule has 0 bridgehead atoms. The van der Waals surface area contributed by atoms with Crippen molar-refractivity contribution in [1.82, 2.24) is 14.9 Å². The molecule has 3 aliphatic rings. The Morgan fingerprint density at radius 2 is 2.03 bits per heavy atom. The van der Waals surface area contributed by atoms with E-state index in [1.165, 1.54) is 18.9 Å². The summed E-state index contributed by atoms with van der Waals surface area (Å²) in [4.78, 5) is 24.1. The molecule has 1 aliphatic heterocycles. The Kier molecular flexibility index (Phi) is 5.03. The number of hydrogen-bond acceptors (Lipinski definition) is 5. The molecule has 3 heterocycles. The molecule has 1 aromatic carbocycles. The lowest BCUT2D eigenvalue weighted by Gasteiger charge is -2.24. The SMILES string of the molecule is C[C@@H]1OCc2c1c(N)nc1ccc(C(=O)N(Cc3ccc(C(F)(F)F)cn3)[C@@H]3C[C@@H]3C3CC3)cc21. The van der Waals surface area contributed by atoms with Crippen molar-refractivity contribution >= 4 is 22.6 Å². The van der Waals surface area contributed by atoms with Crippen LogP contribution < -0.4 is 5.73 Å². The highest BCUT2D eigenvalue weighted by Crippen LogP contribution is 2.52. The highest BCUT2D eigenvalue weighted by Gasteiger charge is 2.51. The number of rotatable bonds is 5. The molecular weight excluding hydrogens is 457 g/mol. The zero-order valence-corrected chi connectivity index (χ0v) is 19.2. The highest BCUT2D eigenvalue weighted by atomic mass is 19.4. The summed E-state index contributed by atoms with van der Waals surface area (Å²) in [6.07, 6.45) is -0.499. The number of carbonyl (C=O) groups excluding carboxylic acids is 1. The van der Waals surface area contributed by atoms with Crippen molar-refractivity contribution in [2.24, 2.45) is 11.8 Å². The van der Waals surface area contributed by atoms with E-state index in [1.54, 1.807) is 17.0 Å². The Morgan fingerprint density at radius 3 is 2.71 bits per heavy atom. The molecule has 0 radical (unpaired) electrons. The molecule has 3 atom stereocenters. The fourth-order valence-corrected chi connectivity index (χ4v) is 5.35. The fourth-order valence-electron chi connectivity index (χ4n) is 5.35. The fraction of sp³-hybridized carbons (Fsp3) is 0.423. The number of benzene rings is 1. The van der Waals surface area contributed by atoms with E-state index < -0.39 is 11.7 Å². The Balaban J connectivity index is 1.33. The van der Waals surface area contributed by atoms with Crippen molar-refractivity contribution < 1.29 is 22.7 Å². The Bertz CT molecular complexity index is 1320. The molecule has 2 aromatic heterocycles. The molecular formula is C26H25F3N4O2. The number of nitrogens with zero attached hydrogens (tertiary/aromatic N) is 3. The van der Waals surface area contributed by atoms with Crippen LogP contribution in [0.15, 0.2) is 36.5 Å². The van der Waals surface area contributed by atoms with Gasteiger partial charge in [-0.15, -0.1) is 0 Å². The van der Waals surface area contributed by atoms with Crippen LogP contribution in [0.1, 0.15) is 65.0 Å². The molecule has 6 rings (SSSR count). The van der Waals surface area contributed by atoms with Crippen LogP contribution in [-0.2, 0) is 24.1 Å². The van der Waals surface area contributed by atoms with Crippen LogP contribution in [0.3, 0.4) is 0 Å². The van der Waals surface area contributed by atoms with Gasteiger partial charge in [-0.1, -0.05) is 0 Å². The van der Waals surface area contributed by atoms with Gasteiger partial charge in [-0.3, -0.25) is 9.78 Å². The van der Waals surface area contributed by atoms with E-state index in [1.807, 2.05) is 13.0 Å². The monoisotopic (exact) mass is 482 g/mol. The number of pyridine rings is 2. The summed E-state index contributed by atoms with van der Waals surface area (Å²) in [5.41, 5.74) is 8.82. The molecule has 0 spiro atoms. The maximum Gasteiger partial charge on any atom is 0.417 e. The molecule has 2 saturated carbocycles. The van der Waals surface area contributed by atoms with E-state index >= 15 is 0 Å². The molecule has 9 heteroatoms. The minimum Gasteiger partial charge on any atom is -0.383 e. The van der Waals surface area contributed by atoms with Gasteiger partial charge in [-0.2, -0.15) is 13.2 Å². The second kappa shape index (κ2) is 7.91. The number of nitrogens with two attached hydrogens (primary N) is 1. The second-order valence-electron chi connectivity index (χ2n) is 9.85. The summed E-state index contributed by atoms with van der Waals surface area (Å²) in [5.74, 6) is 1.38.